The molecular formula is C17H13N3O2S3. The standard InChI is InChI=1S/C17H13N3O2S3/c1-10-11(18-16(22-10)14-5-3-7-24-14)8-15(21)20-17-19-12(9-25-17)13-4-2-6-23-13/h2-7,9H,8H2,1H3,(H,19,20,21). The van der Waals surface area contributed by atoms with Crippen LogP contribution in [0.4, 0.5) is 5.13 Å². The lowest BCUT2D eigenvalue weighted by atomic mass is 10.2. The van der Waals surface area contributed by atoms with E-state index in [-0.39, 0.29) is 12.3 Å². The molecule has 4 heterocycles. The second-order valence-corrected chi connectivity index (χ2v) is 7.99. The third-order valence-corrected chi connectivity index (χ3v) is 5.98. The Bertz CT molecular complexity index is 985. The third-order valence-electron chi connectivity index (χ3n) is 3.48. The Morgan fingerprint density at radius 2 is 1.88 bits per heavy atom. The Hall–Kier alpha value is -2.29. The normalized spacial score (nSPS) is 10.9. The van der Waals surface area contributed by atoms with Gasteiger partial charge in [-0.1, -0.05) is 12.1 Å². The summed E-state index contributed by atoms with van der Waals surface area (Å²) in [5.41, 5.74) is 1.53. The molecule has 0 spiro atoms. The topological polar surface area (TPSA) is 68.0 Å². The van der Waals surface area contributed by atoms with Crippen LogP contribution in [0.3, 0.4) is 0 Å². The van der Waals surface area contributed by atoms with Crippen molar-refractivity contribution in [3.05, 3.63) is 51.9 Å². The number of carbonyl (C=O) groups excluding carboxylic acids is 1. The van der Waals surface area contributed by atoms with Crippen molar-refractivity contribution in [2.75, 3.05) is 5.32 Å². The quantitative estimate of drug-likeness (QED) is 0.519. The van der Waals surface area contributed by atoms with Gasteiger partial charge in [0.15, 0.2) is 5.13 Å². The Labute approximate surface area is 156 Å². The third kappa shape index (κ3) is 3.55. The van der Waals surface area contributed by atoms with Crippen LogP contribution >= 0.6 is 34.0 Å². The van der Waals surface area contributed by atoms with Gasteiger partial charge in [-0.2, -0.15) is 0 Å². The Morgan fingerprint density at radius 1 is 1.12 bits per heavy atom. The van der Waals surface area contributed by atoms with Crippen molar-refractivity contribution >= 4 is 45.0 Å². The summed E-state index contributed by atoms with van der Waals surface area (Å²) in [4.78, 5) is 23.3. The van der Waals surface area contributed by atoms with Gasteiger partial charge in [0.25, 0.3) is 0 Å². The van der Waals surface area contributed by atoms with Gasteiger partial charge in [0.2, 0.25) is 11.8 Å². The molecule has 0 aliphatic heterocycles. The van der Waals surface area contributed by atoms with E-state index < -0.39 is 0 Å². The number of carbonyl (C=O) groups is 1. The van der Waals surface area contributed by atoms with Crippen molar-refractivity contribution in [3.63, 3.8) is 0 Å². The summed E-state index contributed by atoms with van der Waals surface area (Å²) in [6, 6.07) is 7.88. The van der Waals surface area contributed by atoms with Gasteiger partial charge in [-0.05, 0) is 29.8 Å². The lowest BCUT2D eigenvalue weighted by Crippen LogP contribution is -2.15. The average molecular weight is 388 g/mol. The predicted molar refractivity (Wildman–Crippen MR) is 102 cm³/mol. The molecular weight excluding hydrogens is 374 g/mol. The van der Waals surface area contributed by atoms with E-state index in [1.54, 1.807) is 22.7 Å². The van der Waals surface area contributed by atoms with Crippen LogP contribution in [0.1, 0.15) is 11.5 Å². The molecule has 0 unspecified atom stereocenters. The van der Waals surface area contributed by atoms with Crippen molar-refractivity contribution in [3.8, 4) is 21.3 Å². The van der Waals surface area contributed by atoms with Crippen LogP contribution in [0.25, 0.3) is 21.3 Å². The number of aryl methyl sites for hydroxylation is 1. The molecule has 0 saturated heterocycles. The van der Waals surface area contributed by atoms with Gasteiger partial charge >= 0.3 is 0 Å². The second kappa shape index (κ2) is 6.91. The number of hydrogen-bond donors (Lipinski definition) is 1. The minimum absolute atomic E-state index is 0.152. The highest BCUT2D eigenvalue weighted by molar-refractivity contribution is 7.16. The van der Waals surface area contributed by atoms with E-state index in [1.165, 1.54) is 11.3 Å². The van der Waals surface area contributed by atoms with Crippen molar-refractivity contribution in [2.45, 2.75) is 13.3 Å². The van der Waals surface area contributed by atoms with E-state index in [1.807, 2.05) is 47.3 Å². The van der Waals surface area contributed by atoms with Crippen molar-refractivity contribution in [1.29, 1.82) is 0 Å². The summed E-state index contributed by atoms with van der Waals surface area (Å²) in [7, 11) is 0. The fourth-order valence-electron chi connectivity index (χ4n) is 2.28. The number of oxazole rings is 1. The van der Waals surface area contributed by atoms with E-state index in [2.05, 4.69) is 15.3 Å². The molecule has 4 aromatic rings. The number of rotatable bonds is 5. The van der Waals surface area contributed by atoms with Gasteiger partial charge in [-0.25, -0.2) is 9.97 Å². The van der Waals surface area contributed by atoms with Gasteiger partial charge in [0.05, 0.1) is 27.6 Å². The van der Waals surface area contributed by atoms with E-state index in [0.717, 1.165) is 15.4 Å². The van der Waals surface area contributed by atoms with Crippen LogP contribution < -0.4 is 5.32 Å². The van der Waals surface area contributed by atoms with Crippen molar-refractivity contribution in [2.24, 2.45) is 0 Å². The molecule has 0 radical (unpaired) electrons. The number of nitrogens with one attached hydrogen (secondary N) is 1. The molecule has 5 nitrogen and oxygen atoms in total. The Balaban J connectivity index is 1.44. The monoisotopic (exact) mass is 387 g/mol. The summed E-state index contributed by atoms with van der Waals surface area (Å²) in [5, 5.41) is 9.34. The SMILES string of the molecule is Cc1oc(-c2cccs2)nc1CC(=O)Nc1nc(-c2cccs2)cs1. The van der Waals surface area contributed by atoms with Crippen molar-refractivity contribution < 1.29 is 9.21 Å². The maximum Gasteiger partial charge on any atom is 0.236 e. The van der Waals surface area contributed by atoms with Crippen LogP contribution in [-0.4, -0.2) is 15.9 Å². The Morgan fingerprint density at radius 3 is 2.60 bits per heavy atom. The summed E-state index contributed by atoms with van der Waals surface area (Å²) in [6.45, 7) is 1.82. The van der Waals surface area contributed by atoms with Gasteiger partial charge in [0.1, 0.15) is 5.76 Å². The molecule has 0 aromatic carbocycles. The van der Waals surface area contributed by atoms with E-state index in [9.17, 15) is 4.79 Å². The molecule has 25 heavy (non-hydrogen) atoms. The number of amides is 1. The first-order valence-electron chi connectivity index (χ1n) is 7.48. The predicted octanol–water partition coefficient (Wildman–Crippen LogP) is 5.08. The number of thiazole rings is 1. The first-order chi connectivity index (χ1) is 12.2. The van der Waals surface area contributed by atoms with E-state index in [0.29, 0.717) is 22.5 Å². The van der Waals surface area contributed by atoms with Crippen molar-refractivity contribution in [1.82, 2.24) is 9.97 Å². The number of thiophene rings is 2. The molecule has 0 fully saturated rings. The zero-order chi connectivity index (χ0) is 17.2. The molecule has 0 saturated carbocycles. The highest BCUT2D eigenvalue weighted by Gasteiger charge is 2.16. The maximum absolute atomic E-state index is 12.3. The molecule has 0 aliphatic carbocycles. The molecule has 1 amide bonds. The summed E-state index contributed by atoms with van der Waals surface area (Å²) >= 11 is 4.60. The highest BCUT2D eigenvalue weighted by atomic mass is 32.1. The van der Waals surface area contributed by atoms with E-state index in [4.69, 9.17) is 4.42 Å². The maximum atomic E-state index is 12.3. The zero-order valence-corrected chi connectivity index (χ0v) is 15.6. The second-order valence-electron chi connectivity index (χ2n) is 5.24. The number of anilines is 1. The minimum Gasteiger partial charge on any atom is -0.440 e. The molecule has 126 valence electrons. The highest BCUT2D eigenvalue weighted by Crippen LogP contribution is 2.29. The molecule has 8 heteroatoms. The van der Waals surface area contributed by atoms with Gasteiger partial charge in [-0.3, -0.25) is 4.79 Å². The molecule has 4 rings (SSSR count). The van der Waals surface area contributed by atoms with Crippen LogP contribution in [0.15, 0.2) is 44.8 Å². The largest absolute Gasteiger partial charge is 0.440 e. The first-order valence-corrected chi connectivity index (χ1v) is 10.1. The van der Waals surface area contributed by atoms with Gasteiger partial charge < -0.3 is 9.73 Å². The first kappa shape index (κ1) is 16.2. The van der Waals surface area contributed by atoms with Gasteiger partial charge in [-0.15, -0.1) is 34.0 Å². The van der Waals surface area contributed by atoms with Crippen LogP contribution in [0.2, 0.25) is 0 Å². The molecule has 0 atom stereocenters. The fraction of sp³-hybridized carbons (Fsp3) is 0.118. The lowest BCUT2D eigenvalue weighted by Gasteiger charge is -1.99. The molecule has 0 bridgehead atoms. The average Bonchev–Trinajstić information content (AvgIpc) is 3.36. The minimum atomic E-state index is -0.152. The Kier molecular flexibility index (Phi) is 4.48. The van der Waals surface area contributed by atoms with Crippen LogP contribution in [0.5, 0.6) is 0 Å². The number of nitrogens with zero attached hydrogens (tertiary/aromatic N) is 2. The number of hydrogen-bond acceptors (Lipinski definition) is 7. The summed E-state index contributed by atoms with van der Waals surface area (Å²) < 4.78 is 5.67. The van der Waals surface area contributed by atoms with Crippen LogP contribution in [0, 0.1) is 6.92 Å². The number of aromatic nitrogens is 2. The summed E-state index contributed by atoms with van der Waals surface area (Å²) in [5.74, 6) is 1.07. The van der Waals surface area contributed by atoms with E-state index >= 15 is 0 Å². The smallest absolute Gasteiger partial charge is 0.236 e. The van der Waals surface area contributed by atoms with Crippen LogP contribution in [-0.2, 0) is 11.2 Å². The molecule has 0 aliphatic rings. The lowest BCUT2D eigenvalue weighted by molar-refractivity contribution is -0.115. The molecule has 1 N–H and O–H groups in total. The summed E-state index contributed by atoms with van der Waals surface area (Å²) in [6.07, 6.45) is 0.161. The zero-order valence-electron chi connectivity index (χ0n) is 13.2. The fourth-order valence-corrected chi connectivity index (χ4v) is 4.42. The molecule has 4 aromatic heterocycles. The van der Waals surface area contributed by atoms with Gasteiger partial charge in [0, 0.05) is 5.38 Å².